The Bertz CT molecular complexity index is 1050. The van der Waals surface area contributed by atoms with Crippen molar-refractivity contribution >= 4 is 18.0 Å². The summed E-state index contributed by atoms with van der Waals surface area (Å²) in [6.07, 6.45) is 3.53. The van der Waals surface area contributed by atoms with Crippen LogP contribution < -0.4 is 10.6 Å². The summed E-state index contributed by atoms with van der Waals surface area (Å²) >= 11 is 0. The van der Waals surface area contributed by atoms with Gasteiger partial charge < -0.3 is 20.5 Å². The van der Waals surface area contributed by atoms with Crippen LogP contribution in [0.1, 0.15) is 55.6 Å². The molecule has 0 aromatic heterocycles. The fourth-order valence-electron chi connectivity index (χ4n) is 5.88. The van der Waals surface area contributed by atoms with Gasteiger partial charge in [-0.3, -0.25) is 9.59 Å². The van der Waals surface area contributed by atoms with Crippen molar-refractivity contribution < 1.29 is 24.2 Å². The monoisotopic (exact) mass is 462 g/mol. The molecule has 0 aliphatic heterocycles. The second kappa shape index (κ2) is 9.49. The molecule has 0 heterocycles. The van der Waals surface area contributed by atoms with Gasteiger partial charge in [-0.25, -0.2) is 4.79 Å². The number of hydrogen-bond acceptors (Lipinski definition) is 4. The lowest BCUT2D eigenvalue weighted by Crippen LogP contribution is -2.46. The third kappa shape index (κ3) is 4.39. The van der Waals surface area contributed by atoms with Gasteiger partial charge in [-0.15, -0.1) is 0 Å². The molecule has 2 saturated carbocycles. The van der Waals surface area contributed by atoms with Gasteiger partial charge in [-0.1, -0.05) is 55.0 Å². The first-order chi connectivity index (χ1) is 16.5. The smallest absolute Gasteiger partial charge is 0.407 e. The van der Waals surface area contributed by atoms with E-state index in [1.165, 1.54) is 11.1 Å². The highest BCUT2D eigenvalue weighted by molar-refractivity contribution is 5.82. The zero-order valence-electron chi connectivity index (χ0n) is 19.0. The number of rotatable bonds is 6. The quantitative estimate of drug-likeness (QED) is 0.600. The Hall–Kier alpha value is -3.35. The number of aliphatic carboxylic acids is 1. The van der Waals surface area contributed by atoms with Gasteiger partial charge in [0, 0.05) is 18.0 Å². The molecule has 3 N–H and O–H groups in total. The molecule has 2 amide bonds. The molecule has 7 nitrogen and oxygen atoms in total. The van der Waals surface area contributed by atoms with Gasteiger partial charge in [-0.2, -0.15) is 0 Å². The van der Waals surface area contributed by atoms with E-state index in [1.807, 2.05) is 24.3 Å². The van der Waals surface area contributed by atoms with E-state index in [0.717, 1.165) is 24.0 Å². The van der Waals surface area contributed by atoms with Gasteiger partial charge in [0.1, 0.15) is 6.61 Å². The molecule has 0 saturated heterocycles. The van der Waals surface area contributed by atoms with Crippen LogP contribution in [0.4, 0.5) is 4.79 Å². The predicted octanol–water partition coefficient (Wildman–Crippen LogP) is 4.06. The van der Waals surface area contributed by atoms with E-state index in [-0.39, 0.29) is 42.4 Å². The van der Waals surface area contributed by atoms with E-state index in [4.69, 9.17) is 4.74 Å². The van der Waals surface area contributed by atoms with Crippen LogP contribution in [0.5, 0.6) is 0 Å². The maximum atomic E-state index is 12.9. The first kappa shape index (κ1) is 22.4. The lowest BCUT2D eigenvalue weighted by molar-refractivity contribution is -0.141. The third-order valence-corrected chi connectivity index (χ3v) is 7.63. The van der Waals surface area contributed by atoms with E-state index in [2.05, 4.69) is 34.9 Å². The molecule has 0 spiro atoms. The molecule has 2 fully saturated rings. The van der Waals surface area contributed by atoms with Crippen molar-refractivity contribution in [2.45, 2.75) is 56.5 Å². The van der Waals surface area contributed by atoms with Crippen LogP contribution in [0.15, 0.2) is 48.5 Å². The summed E-state index contributed by atoms with van der Waals surface area (Å²) in [5, 5.41) is 15.1. The summed E-state index contributed by atoms with van der Waals surface area (Å²) in [4.78, 5) is 36.7. The van der Waals surface area contributed by atoms with E-state index in [1.54, 1.807) is 0 Å². The van der Waals surface area contributed by atoms with Gasteiger partial charge in [0.05, 0.1) is 11.8 Å². The van der Waals surface area contributed by atoms with Crippen molar-refractivity contribution in [1.29, 1.82) is 0 Å². The summed E-state index contributed by atoms with van der Waals surface area (Å²) in [6, 6.07) is 16.0. The Morgan fingerprint density at radius 2 is 1.56 bits per heavy atom. The zero-order chi connectivity index (χ0) is 23.7. The minimum Gasteiger partial charge on any atom is -0.481 e. The lowest BCUT2D eigenvalue weighted by Gasteiger charge is -2.23. The Morgan fingerprint density at radius 3 is 2.21 bits per heavy atom. The SMILES string of the molecule is O=C(NC1CCCC1C(=O)N[C@@H]1CC[C@H](C(=O)O)C1)OCC1c2ccccc2-c2ccccc21. The van der Waals surface area contributed by atoms with Crippen LogP contribution in [-0.4, -0.2) is 41.8 Å². The topological polar surface area (TPSA) is 105 Å². The van der Waals surface area contributed by atoms with Gasteiger partial charge in [-0.05, 0) is 54.4 Å². The number of nitrogens with one attached hydrogen (secondary N) is 2. The second-order valence-electron chi connectivity index (χ2n) is 9.67. The molecule has 34 heavy (non-hydrogen) atoms. The average Bonchev–Trinajstić information content (AvgIpc) is 3.56. The van der Waals surface area contributed by atoms with Crippen LogP contribution in [0.2, 0.25) is 0 Å². The minimum atomic E-state index is -0.799. The summed E-state index contributed by atoms with van der Waals surface area (Å²) in [6.45, 7) is 0.238. The third-order valence-electron chi connectivity index (χ3n) is 7.63. The predicted molar refractivity (Wildman–Crippen MR) is 126 cm³/mol. The highest BCUT2D eigenvalue weighted by atomic mass is 16.5. The van der Waals surface area contributed by atoms with E-state index in [0.29, 0.717) is 25.7 Å². The molecule has 0 radical (unpaired) electrons. The number of amides is 2. The molecule has 2 aromatic rings. The van der Waals surface area contributed by atoms with Crippen LogP contribution in [0.3, 0.4) is 0 Å². The Labute approximate surface area is 198 Å². The van der Waals surface area contributed by atoms with Crippen molar-refractivity contribution in [3.05, 3.63) is 59.7 Å². The molecular formula is C27H30N2O5. The molecule has 3 aliphatic carbocycles. The summed E-state index contributed by atoms with van der Waals surface area (Å²) in [5.41, 5.74) is 4.67. The van der Waals surface area contributed by atoms with Crippen molar-refractivity contribution in [3.63, 3.8) is 0 Å². The normalized spacial score (nSPS) is 25.4. The fraction of sp³-hybridized carbons (Fsp3) is 0.444. The maximum absolute atomic E-state index is 12.9. The van der Waals surface area contributed by atoms with Crippen molar-refractivity contribution in [3.8, 4) is 11.1 Å². The molecule has 2 aromatic carbocycles. The Kier molecular flexibility index (Phi) is 6.26. The lowest BCUT2D eigenvalue weighted by atomic mass is 9.98. The number of carboxylic acid groups (broad SMARTS) is 1. The first-order valence-corrected chi connectivity index (χ1v) is 12.2. The number of hydrogen-bond donors (Lipinski definition) is 3. The van der Waals surface area contributed by atoms with Crippen molar-refractivity contribution in [2.75, 3.05) is 6.61 Å². The maximum Gasteiger partial charge on any atom is 0.407 e. The summed E-state index contributed by atoms with van der Waals surface area (Å²) in [7, 11) is 0. The van der Waals surface area contributed by atoms with Gasteiger partial charge in [0.15, 0.2) is 0 Å². The molecular weight excluding hydrogens is 432 g/mol. The fourth-order valence-corrected chi connectivity index (χ4v) is 5.88. The Morgan fingerprint density at radius 1 is 0.882 bits per heavy atom. The molecule has 7 heteroatoms. The molecule has 2 unspecified atom stereocenters. The van der Waals surface area contributed by atoms with E-state index >= 15 is 0 Å². The van der Waals surface area contributed by atoms with Gasteiger partial charge in [0.25, 0.3) is 0 Å². The van der Waals surface area contributed by atoms with Crippen LogP contribution in [0.25, 0.3) is 11.1 Å². The molecule has 0 bridgehead atoms. The molecule has 3 aliphatic rings. The van der Waals surface area contributed by atoms with Gasteiger partial charge >= 0.3 is 12.1 Å². The number of carbonyl (C=O) groups excluding carboxylic acids is 2. The number of fused-ring (bicyclic) bond motifs is 3. The summed E-state index contributed by atoms with van der Waals surface area (Å²) < 4.78 is 5.66. The number of ether oxygens (including phenoxy) is 1. The van der Waals surface area contributed by atoms with Gasteiger partial charge in [0.2, 0.25) is 5.91 Å². The largest absolute Gasteiger partial charge is 0.481 e. The first-order valence-electron chi connectivity index (χ1n) is 12.2. The highest BCUT2D eigenvalue weighted by Gasteiger charge is 2.37. The van der Waals surface area contributed by atoms with Crippen LogP contribution in [-0.2, 0) is 14.3 Å². The number of carboxylic acids is 1. The van der Waals surface area contributed by atoms with E-state index < -0.39 is 12.1 Å². The molecule has 4 atom stereocenters. The standard InChI is InChI=1S/C27H30N2O5/c30-25(28-17-13-12-16(14-17)26(31)32)22-10-5-11-24(22)29-27(33)34-15-23-20-8-3-1-6-18(20)19-7-2-4-9-21(19)23/h1-4,6-9,16-17,22-24H,5,10-15H2,(H,28,30)(H,29,33)(H,31,32)/t16-,17+,22?,24?/m0/s1. The molecule has 5 rings (SSSR count). The van der Waals surface area contributed by atoms with Crippen LogP contribution >= 0.6 is 0 Å². The number of benzene rings is 2. The minimum absolute atomic E-state index is 0.00892. The van der Waals surface area contributed by atoms with Crippen molar-refractivity contribution in [2.24, 2.45) is 11.8 Å². The number of carbonyl (C=O) groups is 3. The highest BCUT2D eigenvalue weighted by Crippen LogP contribution is 2.44. The second-order valence-corrected chi connectivity index (χ2v) is 9.67. The number of alkyl carbamates (subject to hydrolysis) is 1. The average molecular weight is 463 g/mol. The molecule has 178 valence electrons. The van der Waals surface area contributed by atoms with Crippen LogP contribution in [0, 0.1) is 11.8 Å². The summed E-state index contributed by atoms with van der Waals surface area (Å²) in [5.74, 6) is -1.61. The zero-order valence-corrected chi connectivity index (χ0v) is 19.0. The van der Waals surface area contributed by atoms with Crippen molar-refractivity contribution in [1.82, 2.24) is 10.6 Å². The van der Waals surface area contributed by atoms with E-state index in [9.17, 15) is 19.5 Å². The Balaban J connectivity index is 1.17.